The van der Waals surface area contributed by atoms with Gasteiger partial charge in [0, 0.05) is 24.5 Å². The highest BCUT2D eigenvalue weighted by molar-refractivity contribution is 5.90. The molecule has 2 fully saturated rings. The number of carbonyl (C=O) groups excluding carboxylic acids is 2. The molecule has 1 amide bonds. The first-order chi connectivity index (χ1) is 7.66. The standard InChI is InChI=1S/C12H17NO3/c1-8(6-9-2-4-13-11(9)14)7-10-3-5-16-12(10)15/h7-9H,2-6H2,1H3,(H,13,14)/b10-7+/t8-,9-/m0/s1. The average Bonchev–Trinajstić information content (AvgIpc) is 2.79. The predicted octanol–water partition coefficient (Wildman–Crippen LogP) is 1.02. The first-order valence-corrected chi connectivity index (χ1v) is 5.82. The molecule has 4 heteroatoms. The van der Waals surface area contributed by atoms with E-state index in [1.807, 2.05) is 13.0 Å². The van der Waals surface area contributed by atoms with Crippen LogP contribution in [0.2, 0.25) is 0 Å². The van der Waals surface area contributed by atoms with Gasteiger partial charge in [-0.05, 0) is 18.8 Å². The van der Waals surface area contributed by atoms with Crippen molar-refractivity contribution in [2.45, 2.75) is 26.2 Å². The molecule has 0 aromatic carbocycles. The first kappa shape index (κ1) is 11.2. The van der Waals surface area contributed by atoms with Crippen molar-refractivity contribution in [3.8, 4) is 0 Å². The molecule has 2 aliphatic heterocycles. The quantitative estimate of drug-likeness (QED) is 0.574. The van der Waals surface area contributed by atoms with E-state index >= 15 is 0 Å². The van der Waals surface area contributed by atoms with Crippen LogP contribution in [0.3, 0.4) is 0 Å². The number of cyclic esters (lactones) is 1. The van der Waals surface area contributed by atoms with Gasteiger partial charge in [0.05, 0.1) is 6.61 Å². The van der Waals surface area contributed by atoms with Crippen molar-refractivity contribution in [3.63, 3.8) is 0 Å². The van der Waals surface area contributed by atoms with E-state index in [1.54, 1.807) is 0 Å². The number of allylic oxidation sites excluding steroid dienone is 1. The highest BCUT2D eigenvalue weighted by atomic mass is 16.5. The van der Waals surface area contributed by atoms with E-state index in [9.17, 15) is 9.59 Å². The zero-order chi connectivity index (χ0) is 11.5. The Morgan fingerprint density at radius 1 is 1.56 bits per heavy atom. The van der Waals surface area contributed by atoms with Gasteiger partial charge in [-0.2, -0.15) is 0 Å². The number of esters is 1. The average molecular weight is 223 g/mol. The van der Waals surface area contributed by atoms with Crippen molar-refractivity contribution in [3.05, 3.63) is 11.6 Å². The van der Waals surface area contributed by atoms with Crippen LogP contribution in [0.1, 0.15) is 26.2 Å². The van der Waals surface area contributed by atoms with Crippen LogP contribution in [0.25, 0.3) is 0 Å². The van der Waals surface area contributed by atoms with Crippen molar-refractivity contribution >= 4 is 11.9 Å². The molecule has 0 saturated carbocycles. The summed E-state index contributed by atoms with van der Waals surface area (Å²) in [5.74, 6) is 0.334. The van der Waals surface area contributed by atoms with E-state index in [0.29, 0.717) is 13.0 Å². The van der Waals surface area contributed by atoms with Crippen LogP contribution >= 0.6 is 0 Å². The molecule has 4 nitrogen and oxygen atoms in total. The highest BCUT2D eigenvalue weighted by Crippen LogP contribution is 2.23. The van der Waals surface area contributed by atoms with Crippen molar-refractivity contribution in [1.82, 2.24) is 5.32 Å². The van der Waals surface area contributed by atoms with Crippen LogP contribution < -0.4 is 5.32 Å². The number of nitrogens with one attached hydrogen (secondary N) is 1. The van der Waals surface area contributed by atoms with E-state index in [-0.39, 0.29) is 23.7 Å². The third-order valence-corrected chi connectivity index (χ3v) is 3.17. The molecule has 0 aliphatic carbocycles. The van der Waals surface area contributed by atoms with Gasteiger partial charge in [-0.15, -0.1) is 0 Å². The molecule has 0 bridgehead atoms. The molecule has 2 rings (SSSR count). The number of hydrogen-bond acceptors (Lipinski definition) is 3. The Hall–Kier alpha value is -1.32. The van der Waals surface area contributed by atoms with Gasteiger partial charge in [-0.1, -0.05) is 13.0 Å². The first-order valence-electron chi connectivity index (χ1n) is 5.82. The molecule has 0 aromatic rings. The van der Waals surface area contributed by atoms with E-state index in [1.165, 1.54) is 0 Å². The van der Waals surface area contributed by atoms with Crippen LogP contribution in [0.4, 0.5) is 0 Å². The van der Waals surface area contributed by atoms with Gasteiger partial charge in [0.25, 0.3) is 0 Å². The topological polar surface area (TPSA) is 55.4 Å². The predicted molar refractivity (Wildman–Crippen MR) is 58.6 cm³/mol. The second-order valence-electron chi connectivity index (χ2n) is 4.57. The van der Waals surface area contributed by atoms with Gasteiger partial charge >= 0.3 is 5.97 Å². The lowest BCUT2D eigenvalue weighted by atomic mass is 9.93. The van der Waals surface area contributed by atoms with Crippen LogP contribution in [-0.4, -0.2) is 25.0 Å². The fourth-order valence-corrected chi connectivity index (χ4v) is 2.33. The summed E-state index contributed by atoms with van der Waals surface area (Å²) in [5.41, 5.74) is 0.769. The maximum Gasteiger partial charge on any atom is 0.333 e. The molecule has 2 atom stereocenters. The lowest BCUT2D eigenvalue weighted by Crippen LogP contribution is -2.20. The third kappa shape index (κ3) is 2.43. The highest BCUT2D eigenvalue weighted by Gasteiger charge is 2.26. The Labute approximate surface area is 95.0 Å². The van der Waals surface area contributed by atoms with Crippen LogP contribution in [0.5, 0.6) is 0 Å². The molecule has 2 saturated heterocycles. The molecule has 88 valence electrons. The van der Waals surface area contributed by atoms with Gasteiger partial charge in [0.2, 0.25) is 5.91 Å². The summed E-state index contributed by atoms with van der Waals surface area (Å²) in [6.45, 7) is 3.33. The molecule has 1 N–H and O–H groups in total. The second-order valence-corrected chi connectivity index (χ2v) is 4.57. The van der Waals surface area contributed by atoms with E-state index in [4.69, 9.17) is 4.74 Å². The molecule has 16 heavy (non-hydrogen) atoms. The number of carbonyl (C=O) groups is 2. The Bertz CT molecular complexity index is 335. The molecular formula is C12H17NO3. The maximum atomic E-state index is 11.4. The summed E-state index contributed by atoms with van der Waals surface area (Å²) >= 11 is 0. The monoisotopic (exact) mass is 223 g/mol. The molecule has 2 heterocycles. The van der Waals surface area contributed by atoms with E-state index in [2.05, 4.69) is 5.32 Å². The summed E-state index contributed by atoms with van der Waals surface area (Å²) in [6, 6.07) is 0. The largest absolute Gasteiger partial charge is 0.462 e. The van der Waals surface area contributed by atoms with Gasteiger partial charge in [-0.3, -0.25) is 4.79 Å². The zero-order valence-corrected chi connectivity index (χ0v) is 9.49. The molecule has 0 radical (unpaired) electrons. The lowest BCUT2D eigenvalue weighted by Gasteiger charge is -2.11. The molecule has 0 spiro atoms. The second kappa shape index (κ2) is 4.68. The third-order valence-electron chi connectivity index (χ3n) is 3.17. The van der Waals surface area contributed by atoms with Crippen LogP contribution in [-0.2, 0) is 14.3 Å². The minimum atomic E-state index is -0.192. The van der Waals surface area contributed by atoms with Gasteiger partial charge in [-0.25, -0.2) is 4.79 Å². The number of rotatable bonds is 3. The lowest BCUT2D eigenvalue weighted by molar-refractivity contribution is -0.135. The number of amides is 1. The Balaban J connectivity index is 1.90. The number of hydrogen-bond donors (Lipinski definition) is 1. The fraction of sp³-hybridized carbons (Fsp3) is 0.667. The van der Waals surface area contributed by atoms with Crippen molar-refractivity contribution < 1.29 is 14.3 Å². The summed E-state index contributed by atoms with van der Waals surface area (Å²) in [7, 11) is 0. The van der Waals surface area contributed by atoms with Crippen molar-refractivity contribution in [2.75, 3.05) is 13.2 Å². The van der Waals surface area contributed by atoms with E-state index < -0.39 is 0 Å². The van der Waals surface area contributed by atoms with Crippen LogP contribution in [0, 0.1) is 11.8 Å². The summed E-state index contributed by atoms with van der Waals surface area (Å²) < 4.78 is 4.87. The Morgan fingerprint density at radius 2 is 2.38 bits per heavy atom. The smallest absolute Gasteiger partial charge is 0.333 e. The van der Waals surface area contributed by atoms with Gasteiger partial charge in [0.15, 0.2) is 0 Å². The number of ether oxygens (including phenoxy) is 1. The Morgan fingerprint density at radius 3 is 2.94 bits per heavy atom. The van der Waals surface area contributed by atoms with Gasteiger partial charge < -0.3 is 10.1 Å². The van der Waals surface area contributed by atoms with Gasteiger partial charge in [0.1, 0.15) is 0 Å². The van der Waals surface area contributed by atoms with Crippen molar-refractivity contribution in [2.24, 2.45) is 11.8 Å². The maximum absolute atomic E-state index is 11.4. The fourth-order valence-electron chi connectivity index (χ4n) is 2.33. The minimum absolute atomic E-state index is 0.115. The zero-order valence-electron chi connectivity index (χ0n) is 9.49. The SMILES string of the molecule is C[C@H](/C=C1\CCOC1=O)C[C@@H]1CCNC1=O. The summed E-state index contributed by atoms with van der Waals surface area (Å²) in [6.07, 6.45) is 4.40. The van der Waals surface area contributed by atoms with Crippen molar-refractivity contribution in [1.29, 1.82) is 0 Å². The molecule has 0 aromatic heterocycles. The Kier molecular flexibility index (Phi) is 3.27. The minimum Gasteiger partial charge on any atom is -0.462 e. The normalized spacial score (nSPS) is 29.3. The summed E-state index contributed by atoms with van der Waals surface area (Å²) in [5, 5.41) is 2.83. The molecule has 0 unspecified atom stereocenters. The molecule has 2 aliphatic rings. The van der Waals surface area contributed by atoms with E-state index in [0.717, 1.165) is 25.0 Å². The molecular weight excluding hydrogens is 206 g/mol. The van der Waals surface area contributed by atoms with Crippen LogP contribution in [0.15, 0.2) is 11.6 Å². The summed E-state index contributed by atoms with van der Waals surface area (Å²) in [4.78, 5) is 22.6.